The van der Waals surface area contributed by atoms with Crippen LogP contribution in [-0.4, -0.2) is 10.9 Å². The van der Waals surface area contributed by atoms with E-state index in [2.05, 4.69) is 10.3 Å². The Morgan fingerprint density at radius 2 is 2.05 bits per heavy atom. The molecule has 2 aromatic carbocycles. The van der Waals surface area contributed by atoms with Crippen molar-refractivity contribution in [3.05, 3.63) is 64.7 Å². The molecule has 0 atom stereocenters. The molecule has 3 nitrogen and oxygen atoms in total. The van der Waals surface area contributed by atoms with Crippen LogP contribution in [-0.2, 0) is 4.79 Å². The summed E-state index contributed by atoms with van der Waals surface area (Å²) in [6.07, 6.45) is 3.27. The summed E-state index contributed by atoms with van der Waals surface area (Å²) in [5, 5.41) is 4.04. The third-order valence-electron chi connectivity index (χ3n) is 3.11. The molecule has 0 bridgehead atoms. The van der Waals surface area contributed by atoms with Crippen LogP contribution in [0.4, 0.5) is 5.13 Å². The Bertz CT molecular complexity index is 856. The zero-order chi connectivity index (χ0) is 15.5. The summed E-state index contributed by atoms with van der Waals surface area (Å²) >= 11 is 7.45. The minimum Gasteiger partial charge on any atom is -0.298 e. The maximum absolute atomic E-state index is 12.0. The molecule has 0 fully saturated rings. The van der Waals surface area contributed by atoms with Crippen LogP contribution in [0.2, 0.25) is 5.02 Å². The predicted octanol–water partition coefficient (Wildman–Crippen LogP) is 4.91. The quantitative estimate of drug-likeness (QED) is 0.694. The number of aromatic nitrogens is 1. The van der Waals surface area contributed by atoms with Crippen molar-refractivity contribution in [3.63, 3.8) is 0 Å². The molecule has 0 saturated heterocycles. The molecule has 22 heavy (non-hydrogen) atoms. The van der Waals surface area contributed by atoms with E-state index in [1.165, 1.54) is 17.4 Å². The molecule has 3 aromatic rings. The standard InChI is InChI=1S/C17H13ClN2OS/c1-11-9-13(18)10-14-16(11)20-17(22-14)19-15(21)8-7-12-5-3-2-4-6-12/h2-10H,1H3,(H,19,20,21)/b8-7+. The number of hydrogen-bond acceptors (Lipinski definition) is 3. The van der Waals surface area contributed by atoms with Crippen LogP contribution in [0.25, 0.3) is 16.3 Å². The average molecular weight is 329 g/mol. The summed E-state index contributed by atoms with van der Waals surface area (Å²) in [6, 6.07) is 13.4. The van der Waals surface area contributed by atoms with Crippen LogP contribution in [0.3, 0.4) is 0 Å². The number of amides is 1. The van der Waals surface area contributed by atoms with Gasteiger partial charge in [0, 0.05) is 11.1 Å². The van der Waals surface area contributed by atoms with Gasteiger partial charge in [-0.05, 0) is 36.3 Å². The normalized spacial score (nSPS) is 11.2. The second kappa shape index (κ2) is 6.30. The van der Waals surface area contributed by atoms with Gasteiger partial charge in [-0.25, -0.2) is 4.98 Å². The van der Waals surface area contributed by atoms with E-state index in [0.717, 1.165) is 21.3 Å². The lowest BCUT2D eigenvalue weighted by atomic mass is 10.2. The minimum atomic E-state index is -0.202. The Balaban J connectivity index is 1.77. The first-order chi connectivity index (χ1) is 10.6. The highest BCUT2D eigenvalue weighted by atomic mass is 35.5. The van der Waals surface area contributed by atoms with Crippen molar-refractivity contribution in [2.24, 2.45) is 0 Å². The van der Waals surface area contributed by atoms with E-state index < -0.39 is 0 Å². The van der Waals surface area contributed by atoms with Crippen molar-refractivity contribution in [1.82, 2.24) is 4.98 Å². The number of aryl methyl sites for hydroxylation is 1. The molecule has 0 saturated carbocycles. The van der Waals surface area contributed by atoms with Gasteiger partial charge in [-0.15, -0.1) is 0 Å². The van der Waals surface area contributed by atoms with Gasteiger partial charge in [0.15, 0.2) is 5.13 Å². The number of nitrogens with one attached hydrogen (secondary N) is 1. The molecule has 3 rings (SSSR count). The highest BCUT2D eigenvalue weighted by Gasteiger charge is 2.09. The number of nitrogens with zero attached hydrogens (tertiary/aromatic N) is 1. The Morgan fingerprint density at radius 1 is 1.27 bits per heavy atom. The topological polar surface area (TPSA) is 42.0 Å². The fourth-order valence-electron chi connectivity index (χ4n) is 2.09. The molecular weight excluding hydrogens is 316 g/mol. The lowest BCUT2D eigenvalue weighted by molar-refractivity contribution is -0.111. The van der Waals surface area contributed by atoms with Gasteiger partial charge in [-0.2, -0.15) is 0 Å². The van der Waals surface area contributed by atoms with Crippen molar-refractivity contribution in [2.45, 2.75) is 6.92 Å². The predicted molar refractivity (Wildman–Crippen MR) is 93.5 cm³/mol. The zero-order valence-electron chi connectivity index (χ0n) is 11.8. The van der Waals surface area contributed by atoms with Crippen LogP contribution in [0.15, 0.2) is 48.5 Å². The van der Waals surface area contributed by atoms with Crippen molar-refractivity contribution < 1.29 is 4.79 Å². The van der Waals surface area contributed by atoms with Gasteiger partial charge in [-0.3, -0.25) is 10.1 Å². The molecule has 1 heterocycles. The number of thiazole rings is 1. The molecule has 1 amide bonds. The summed E-state index contributed by atoms with van der Waals surface area (Å²) in [7, 11) is 0. The van der Waals surface area contributed by atoms with E-state index >= 15 is 0 Å². The van der Waals surface area contributed by atoms with Gasteiger partial charge in [0.05, 0.1) is 10.2 Å². The van der Waals surface area contributed by atoms with Crippen LogP contribution in [0, 0.1) is 6.92 Å². The lowest BCUT2D eigenvalue weighted by Crippen LogP contribution is -2.07. The van der Waals surface area contributed by atoms with E-state index in [1.54, 1.807) is 6.08 Å². The molecule has 1 aromatic heterocycles. The second-order valence-electron chi connectivity index (χ2n) is 4.82. The van der Waals surface area contributed by atoms with Crippen molar-refractivity contribution in [2.75, 3.05) is 5.32 Å². The number of halogens is 1. The molecule has 0 aliphatic rings. The molecule has 0 radical (unpaired) electrons. The van der Waals surface area contributed by atoms with E-state index in [-0.39, 0.29) is 5.91 Å². The monoisotopic (exact) mass is 328 g/mol. The first kappa shape index (κ1) is 14.8. The third kappa shape index (κ3) is 3.35. The van der Waals surface area contributed by atoms with Crippen molar-refractivity contribution in [1.29, 1.82) is 0 Å². The molecule has 5 heteroatoms. The molecule has 0 unspecified atom stereocenters. The van der Waals surface area contributed by atoms with Crippen molar-refractivity contribution in [3.8, 4) is 0 Å². The summed E-state index contributed by atoms with van der Waals surface area (Å²) in [4.78, 5) is 16.4. The number of rotatable bonds is 3. The summed E-state index contributed by atoms with van der Waals surface area (Å²) in [6.45, 7) is 1.95. The maximum atomic E-state index is 12.0. The van der Waals surface area contributed by atoms with E-state index in [9.17, 15) is 4.79 Å². The van der Waals surface area contributed by atoms with E-state index in [1.807, 2.05) is 49.4 Å². The van der Waals surface area contributed by atoms with Crippen LogP contribution < -0.4 is 5.32 Å². The Morgan fingerprint density at radius 3 is 2.82 bits per heavy atom. The fourth-order valence-corrected chi connectivity index (χ4v) is 3.41. The summed E-state index contributed by atoms with van der Waals surface area (Å²) in [5.74, 6) is -0.202. The molecule has 0 spiro atoms. The van der Waals surface area contributed by atoms with Crippen LogP contribution in [0.1, 0.15) is 11.1 Å². The SMILES string of the molecule is Cc1cc(Cl)cc2sc(NC(=O)/C=C/c3ccccc3)nc12. The van der Waals surface area contributed by atoms with E-state index in [0.29, 0.717) is 10.2 Å². The van der Waals surface area contributed by atoms with Gasteiger partial charge < -0.3 is 0 Å². The average Bonchev–Trinajstić information content (AvgIpc) is 2.89. The Hall–Kier alpha value is -2.17. The largest absolute Gasteiger partial charge is 0.298 e. The first-order valence-electron chi connectivity index (χ1n) is 6.72. The third-order valence-corrected chi connectivity index (χ3v) is 4.24. The summed E-state index contributed by atoms with van der Waals surface area (Å²) < 4.78 is 0.965. The number of carbonyl (C=O) groups excluding carboxylic acids is 1. The fraction of sp³-hybridized carbons (Fsp3) is 0.0588. The summed E-state index contributed by atoms with van der Waals surface area (Å²) in [5.41, 5.74) is 2.85. The molecule has 110 valence electrons. The molecule has 0 aliphatic heterocycles. The Labute approximate surface area is 137 Å². The minimum absolute atomic E-state index is 0.202. The van der Waals surface area contributed by atoms with Crippen molar-refractivity contribution >= 4 is 50.3 Å². The van der Waals surface area contributed by atoms with Gasteiger partial charge in [0.25, 0.3) is 0 Å². The maximum Gasteiger partial charge on any atom is 0.250 e. The van der Waals surface area contributed by atoms with Gasteiger partial charge >= 0.3 is 0 Å². The van der Waals surface area contributed by atoms with E-state index in [4.69, 9.17) is 11.6 Å². The number of carbonyl (C=O) groups is 1. The molecule has 0 aliphatic carbocycles. The molecule has 1 N–H and O–H groups in total. The molecular formula is C17H13ClN2OS. The number of benzene rings is 2. The number of fused-ring (bicyclic) bond motifs is 1. The first-order valence-corrected chi connectivity index (χ1v) is 7.92. The second-order valence-corrected chi connectivity index (χ2v) is 6.29. The van der Waals surface area contributed by atoms with Crippen LogP contribution >= 0.6 is 22.9 Å². The van der Waals surface area contributed by atoms with Gasteiger partial charge in [-0.1, -0.05) is 53.3 Å². The van der Waals surface area contributed by atoms with Gasteiger partial charge in [0.1, 0.15) is 0 Å². The van der Waals surface area contributed by atoms with Crippen LogP contribution in [0.5, 0.6) is 0 Å². The highest BCUT2D eigenvalue weighted by Crippen LogP contribution is 2.30. The highest BCUT2D eigenvalue weighted by molar-refractivity contribution is 7.22. The number of anilines is 1. The van der Waals surface area contributed by atoms with Gasteiger partial charge in [0.2, 0.25) is 5.91 Å². The smallest absolute Gasteiger partial charge is 0.250 e. The Kier molecular flexibility index (Phi) is 4.22. The zero-order valence-corrected chi connectivity index (χ0v) is 13.4. The lowest BCUT2D eigenvalue weighted by Gasteiger charge is -1.96. The number of hydrogen-bond donors (Lipinski definition) is 1.